The van der Waals surface area contributed by atoms with Crippen LogP contribution in [-0.4, -0.2) is 76.2 Å². The number of nitrogens with one attached hydrogen (secondary N) is 1. The second kappa shape index (κ2) is 13.5. The van der Waals surface area contributed by atoms with Crippen molar-refractivity contribution in [3.05, 3.63) is 55.7 Å². The number of thiazole rings is 1. The molecular formula is C32H46ClN7O2S. The van der Waals surface area contributed by atoms with Gasteiger partial charge in [-0.05, 0) is 63.3 Å². The Hall–Kier alpha value is -2.79. The van der Waals surface area contributed by atoms with Crippen LogP contribution >= 0.6 is 22.9 Å². The van der Waals surface area contributed by atoms with E-state index in [9.17, 15) is 9.90 Å². The van der Waals surface area contributed by atoms with Gasteiger partial charge in [-0.1, -0.05) is 50.6 Å². The van der Waals surface area contributed by atoms with Crippen LogP contribution in [0.5, 0.6) is 0 Å². The molecule has 3 heterocycles. The van der Waals surface area contributed by atoms with Crippen molar-refractivity contribution in [2.24, 2.45) is 4.99 Å². The Bertz CT molecular complexity index is 1590. The van der Waals surface area contributed by atoms with E-state index in [1.807, 2.05) is 26.8 Å². The Morgan fingerprint density at radius 2 is 1.86 bits per heavy atom. The third-order valence-electron chi connectivity index (χ3n) is 8.13. The van der Waals surface area contributed by atoms with E-state index in [-0.39, 0.29) is 42.5 Å². The number of H-pyrrole nitrogens is 1. The minimum Gasteiger partial charge on any atom is -0.395 e. The summed E-state index contributed by atoms with van der Waals surface area (Å²) in [6.45, 7) is 20.7. The lowest BCUT2D eigenvalue weighted by Crippen LogP contribution is -2.57. The molecule has 2 aromatic heterocycles. The summed E-state index contributed by atoms with van der Waals surface area (Å²) in [5, 5.41) is 10.4. The fourth-order valence-electron chi connectivity index (χ4n) is 5.96. The van der Waals surface area contributed by atoms with Crippen LogP contribution in [0.4, 0.5) is 16.6 Å². The van der Waals surface area contributed by atoms with E-state index in [0.717, 1.165) is 35.6 Å². The van der Waals surface area contributed by atoms with Gasteiger partial charge in [0.15, 0.2) is 0 Å². The highest BCUT2D eigenvalue weighted by atomic mass is 35.5. The smallest absolute Gasteiger partial charge is 0.270 e. The molecule has 1 aliphatic rings. The Morgan fingerprint density at radius 3 is 2.44 bits per heavy atom. The number of piperazine rings is 1. The van der Waals surface area contributed by atoms with Crippen LogP contribution in [0, 0.1) is 20.8 Å². The maximum atomic E-state index is 13.9. The van der Waals surface area contributed by atoms with Crippen molar-refractivity contribution < 1.29 is 11.3 Å². The second-order valence-electron chi connectivity index (χ2n) is 12.3. The molecule has 9 nitrogen and oxygen atoms in total. The number of hydrogen-bond donors (Lipinski definition) is 2. The van der Waals surface area contributed by atoms with Crippen molar-refractivity contribution in [2.75, 3.05) is 43.1 Å². The van der Waals surface area contributed by atoms with Gasteiger partial charge >= 0.3 is 0 Å². The summed E-state index contributed by atoms with van der Waals surface area (Å²) in [6, 6.07) is 2.28. The van der Waals surface area contributed by atoms with Gasteiger partial charge in [0.05, 0.1) is 24.4 Å². The number of aliphatic hydroxyl groups excluding tert-OH is 1. The van der Waals surface area contributed by atoms with Crippen LogP contribution in [0.1, 0.15) is 92.6 Å². The fraction of sp³-hybridized carbons (Fsp3) is 0.562. The number of nitrogens with zero attached hydrogens (tertiary/aromatic N) is 6. The van der Waals surface area contributed by atoms with Crippen LogP contribution in [0.3, 0.4) is 0 Å². The van der Waals surface area contributed by atoms with Crippen LogP contribution in [0.25, 0.3) is 0 Å². The molecule has 1 fully saturated rings. The van der Waals surface area contributed by atoms with Gasteiger partial charge in [0.2, 0.25) is 5.13 Å². The highest BCUT2D eigenvalue weighted by molar-refractivity contribution is 7.17. The number of anilines is 2. The minimum atomic E-state index is -0.203. The zero-order chi connectivity index (χ0) is 32.6. The molecule has 2 unspecified atom stereocenters. The lowest BCUT2D eigenvalue weighted by Gasteiger charge is -2.45. The quantitative estimate of drug-likeness (QED) is 0.313. The molecule has 234 valence electrons. The van der Waals surface area contributed by atoms with E-state index >= 15 is 0 Å². The molecule has 1 amide bonds. The van der Waals surface area contributed by atoms with Gasteiger partial charge in [0.25, 0.3) is 5.91 Å². The number of amides is 1. The minimum absolute atomic E-state index is 0.0753. The summed E-state index contributed by atoms with van der Waals surface area (Å²) in [6.07, 6.45) is 0. The molecule has 0 radical (unpaired) electrons. The molecule has 1 aliphatic heterocycles. The SMILES string of the molecule is [2H]c1c(N2C(C)CN(CCO)CC2C)nc(C(C)C)[nH]c1=Nc1nc(C)c(C(=O)N(C)c2c(Cl)cc(C)c(C)c2C(C)C)s1. The van der Waals surface area contributed by atoms with Crippen molar-refractivity contribution in [1.82, 2.24) is 19.9 Å². The van der Waals surface area contributed by atoms with E-state index in [1.165, 1.54) is 11.3 Å². The summed E-state index contributed by atoms with van der Waals surface area (Å²) in [5.41, 5.74) is 4.92. The summed E-state index contributed by atoms with van der Waals surface area (Å²) in [5.74, 6) is 1.35. The van der Waals surface area contributed by atoms with Crippen LogP contribution < -0.4 is 15.3 Å². The standard InChI is InChI=1S/C32H46ClN7O2S/c1-17(2)27-22(8)19(5)13-24(33)28(27)38(10)31(42)29-23(9)34-32(43-29)36-25-14-26(37-30(35-25)18(3)4)40-20(6)15-39(11-12-41)16-21(40)7/h13-14,17-18,20-21,41H,11-12,15-16H2,1-10H3,(H,34,35,36,37)/i14D. The van der Waals surface area contributed by atoms with Gasteiger partial charge in [0, 0.05) is 50.7 Å². The Morgan fingerprint density at radius 1 is 1.21 bits per heavy atom. The largest absolute Gasteiger partial charge is 0.395 e. The number of benzene rings is 1. The van der Waals surface area contributed by atoms with Crippen molar-refractivity contribution in [2.45, 2.75) is 86.2 Å². The van der Waals surface area contributed by atoms with Crippen molar-refractivity contribution >= 4 is 45.5 Å². The molecule has 2 N–H and O–H groups in total. The number of carbonyl (C=O) groups is 1. The molecule has 11 heteroatoms. The first kappa shape index (κ1) is 31.6. The van der Waals surface area contributed by atoms with Crippen molar-refractivity contribution in [3.63, 3.8) is 0 Å². The van der Waals surface area contributed by atoms with Gasteiger partial charge < -0.3 is 19.9 Å². The number of aromatic nitrogens is 3. The summed E-state index contributed by atoms with van der Waals surface area (Å²) >= 11 is 7.94. The third-order valence-corrected chi connectivity index (χ3v) is 9.46. The number of aryl methyl sites for hydroxylation is 2. The van der Waals surface area contributed by atoms with Gasteiger partial charge in [-0.3, -0.25) is 9.69 Å². The van der Waals surface area contributed by atoms with Crippen LogP contribution in [0.2, 0.25) is 5.02 Å². The molecule has 0 aliphatic carbocycles. The first-order chi connectivity index (χ1) is 20.7. The lowest BCUT2D eigenvalue weighted by molar-refractivity contribution is 0.0996. The van der Waals surface area contributed by atoms with E-state index in [1.54, 1.807) is 18.9 Å². The average molecular weight is 629 g/mol. The summed E-state index contributed by atoms with van der Waals surface area (Å²) in [7, 11) is 1.75. The Labute approximate surface area is 266 Å². The zero-order valence-corrected chi connectivity index (χ0v) is 28.6. The molecule has 1 aromatic carbocycles. The normalized spacial score (nSPS) is 18.6. The number of aromatic amines is 1. The maximum absolute atomic E-state index is 13.9. The van der Waals surface area contributed by atoms with Gasteiger partial charge in [-0.15, -0.1) is 0 Å². The first-order valence-electron chi connectivity index (χ1n) is 15.5. The average Bonchev–Trinajstić information content (AvgIpc) is 3.30. The topological polar surface area (TPSA) is 101 Å². The van der Waals surface area contributed by atoms with Crippen molar-refractivity contribution in [1.29, 1.82) is 0 Å². The van der Waals surface area contributed by atoms with Crippen LogP contribution in [0.15, 0.2) is 17.1 Å². The zero-order valence-electron chi connectivity index (χ0n) is 28.0. The van der Waals surface area contributed by atoms with E-state index < -0.39 is 0 Å². The lowest BCUT2D eigenvalue weighted by atomic mass is 9.92. The molecule has 1 saturated heterocycles. The molecule has 3 aromatic rings. The molecule has 4 rings (SSSR count). The highest BCUT2D eigenvalue weighted by Gasteiger charge is 2.31. The van der Waals surface area contributed by atoms with Gasteiger partial charge in [-0.2, -0.15) is 0 Å². The van der Waals surface area contributed by atoms with Crippen molar-refractivity contribution in [3.8, 4) is 0 Å². The Balaban J connectivity index is 1.76. The first-order valence-corrected chi connectivity index (χ1v) is 16.2. The molecule has 0 spiro atoms. The predicted octanol–water partition coefficient (Wildman–Crippen LogP) is 6.09. The van der Waals surface area contributed by atoms with Gasteiger partial charge in [0.1, 0.15) is 22.0 Å². The number of halogens is 1. The van der Waals surface area contributed by atoms with E-state index in [2.05, 4.69) is 54.4 Å². The number of hydrogen-bond acceptors (Lipinski definition) is 8. The number of carbonyl (C=O) groups excluding carboxylic acids is 1. The summed E-state index contributed by atoms with van der Waals surface area (Å²) < 4.78 is 9.14. The third kappa shape index (κ3) is 6.98. The van der Waals surface area contributed by atoms with Gasteiger partial charge in [-0.25, -0.2) is 15.0 Å². The number of aliphatic hydroxyl groups is 1. The molecule has 0 saturated carbocycles. The maximum Gasteiger partial charge on any atom is 0.270 e. The number of rotatable bonds is 8. The molecule has 43 heavy (non-hydrogen) atoms. The van der Waals surface area contributed by atoms with E-state index in [4.69, 9.17) is 22.9 Å². The monoisotopic (exact) mass is 628 g/mol. The predicted molar refractivity (Wildman–Crippen MR) is 177 cm³/mol. The second-order valence-corrected chi connectivity index (χ2v) is 13.7. The Kier molecular flexibility index (Phi) is 9.90. The van der Waals surface area contributed by atoms with E-state index in [0.29, 0.717) is 44.3 Å². The fourth-order valence-corrected chi connectivity index (χ4v) is 7.28. The number of β-amino-alcohol motifs (C(OH)–C–C–N with tert-alkyl or cyclic N) is 1. The molecule has 0 bridgehead atoms. The molecule has 2 atom stereocenters. The van der Waals surface area contributed by atoms with Crippen LogP contribution in [-0.2, 0) is 0 Å². The summed E-state index contributed by atoms with van der Waals surface area (Å²) in [4.78, 5) is 38.0. The molecular weight excluding hydrogens is 582 g/mol. The highest BCUT2D eigenvalue weighted by Crippen LogP contribution is 2.39.